The summed E-state index contributed by atoms with van der Waals surface area (Å²) in [4.78, 5) is 12.0. The Hall–Kier alpha value is -2.32. The molecule has 1 fully saturated rings. The molecule has 0 saturated carbocycles. The van der Waals surface area contributed by atoms with Gasteiger partial charge in [0.1, 0.15) is 22.6 Å². The molecule has 5 nitrogen and oxygen atoms in total. The van der Waals surface area contributed by atoms with Gasteiger partial charge in [-0.25, -0.2) is 17.2 Å². The quantitative estimate of drug-likeness (QED) is 0.866. The van der Waals surface area contributed by atoms with E-state index in [4.69, 9.17) is 0 Å². The van der Waals surface area contributed by atoms with Crippen LogP contribution in [0.1, 0.15) is 18.4 Å². The van der Waals surface area contributed by atoms with Gasteiger partial charge in [-0.05, 0) is 42.7 Å². The molecule has 1 atom stereocenters. The standard InChI is InChI=1S/C18H18F2N2O3S/c19-14-9-7-13(8-10-14)12-21-18(23)16-5-3-11-22(16)26(24,25)17-6-2-1-4-15(17)20/h1-2,4,6-10,16H,3,5,11-12H2,(H,21,23). The highest BCUT2D eigenvalue weighted by Crippen LogP contribution is 2.27. The summed E-state index contributed by atoms with van der Waals surface area (Å²) in [6.45, 7) is 0.314. The maximum absolute atomic E-state index is 13.9. The molecule has 1 aliphatic rings. The van der Waals surface area contributed by atoms with Crippen LogP contribution in [-0.4, -0.2) is 31.2 Å². The Bertz CT molecular complexity index is 901. The molecule has 0 radical (unpaired) electrons. The van der Waals surface area contributed by atoms with Crippen LogP contribution in [0.3, 0.4) is 0 Å². The second-order valence-corrected chi connectivity index (χ2v) is 7.91. The number of hydrogen-bond donors (Lipinski definition) is 1. The molecule has 26 heavy (non-hydrogen) atoms. The van der Waals surface area contributed by atoms with E-state index in [2.05, 4.69) is 5.32 Å². The lowest BCUT2D eigenvalue weighted by molar-refractivity contribution is -0.124. The van der Waals surface area contributed by atoms with E-state index in [9.17, 15) is 22.0 Å². The van der Waals surface area contributed by atoms with Gasteiger partial charge < -0.3 is 5.32 Å². The summed E-state index contributed by atoms with van der Waals surface area (Å²) in [6, 6.07) is 9.87. The molecule has 138 valence electrons. The summed E-state index contributed by atoms with van der Waals surface area (Å²) < 4.78 is 53.4. The highest BCUT2D eigenvalue weighted by atomic mass is 32.2. The number of nitrogens with zero attached hydrogens (tertiary/aromatic N) is 1. The van der Waals surface area contributed by atoms with E-state index in [-0.39, 0.29) is 18.9 Å². The van der Waals surface area contributed by atoms with Crippen molar-refractivity contribution in [2.24, 2.45) is 0 Å². The SMILES string of the molecule is O=C(NCc1ccc(F)cc1)C1CCCN1S(=O)(=O)c1ccccc1F. The number of amides is 1. The predicted molar refractivity (Wildman–Crippen MR) is 91.6 cm³/mol. The first-order chi connectivity index (χ1) is 12.4. The molecule has 8 heteroatoms. The summed E-state index contributed by atoms with van der Waals surface area (Å²) in [5.74, 6) is -1.67. The lowest BCUT2D eigenvalue weighted by Crippen LogP contribution is -2.45. The Morgan fingerprint density at radius 2 is 1.81 bits per heavy atom. The zero-order chi connectivity index (χ0) is 18.7. The lowest BCUT2D eigenvalue weighted by Gasteiger charge is -2.23. The molecule has 1 unspecified atom stereocenters. The van der Waals surface area contributed by atoms with Crippen LogP contribution in [0.15, 0.2) is 53.4 Å². The van der Waals surface area contributed by atoms with Gasteiger partial charge in [-0.1, -0.05) is 24.3 Å². The first kappa shape index (κ1) is 18.5. The molecule has 1 aliphatic heterocycles. The monoisotopic (exact) mass is 380 g/mol. The molecule has 2 aromatic rings. The van der Waals surface area contributed by atoms with Gasteiger partial charge in [0.15, 0.2) is 0 Å². The topological polar surface area (TPSA) is 66.5 Å². The van der Waals surface area contributed by atoms with Crippen LogP contribution in [0.4, 0.5) is 8.78 Å². The third-order valence-corrected chi connectivity index (χ3v) is 6.25. The zero-order valence-corrected chi connectivity index (χ0v) is 14.7. The first-order valence-corrected chi connectivity index (χ1v) is 9.62. The molecule has 3 rings (SSSR count). The summed E-state index contributed by atoms with van der Waals surface area (Å²) in [6.07, 6.45) is 0.880. The number of halogens is 2. The lowest BCUT2D eigenvalue weighted by atomic mass is 10.2. The third-order valence-electron chi connectivity index (χ3n) is 4.31. The molecule has 2 aromatic carbocycles. The number of nitrogens with one attached hydrogen (secondary N) is 1. The fourth-order valence-electron chi connectivity index (χ4n) is 2.98. The Morgan fingerprint density at radius 1 is 1.12 bits per heavy atom. The fraction of sp³-hybridized carbons (Fsp3) is 0.278. The van der Waals surface area contributed by atoms with Gasteiger partial charge in [-0.3, -0.25) is 4.79 Å². The van der Waals surface area contributed by atoms with Crippen LogP contribution < -0.4 is 5.32 Å². The van der Waals surface area contributed by atoms with Crippen molar-refractivity contribution in [3.05, 3.63) is 65.7 Å². The van der Waals surface area contributed by atoms with Crippen molar-refractivity contribution in [2.45, 2.75) is 30.3 Å². The van der Waals surface area contributed by atoms with Crippen molar-refractivity contribution < 1.29 is 22.0 Å². The van der Waals surface area contributed by atoms with E-state index in [1.54, 1.807) is 0 Å². The Morgan fingerprint density at radius 3 is 2.50 bits per heavy atom. The summed E-state index contributed by atoms with van der Waals surface area (Å²) in [7, 11) is -4.10. The van der Waals surface area contributed by atoms with Gasteiger partial charge in [0.25, 0.3) is 0 Å². The summed E-state index contributed by atoms with van der Waals surface area (Å²) >= 11 is 0. The molecule has 1 N–H and O–H groups in total. The molecule has 0 aliphatic carbocycles. The van der Waals surface area contributed by atoms with Crippen LogP contribution in [0, 0.1) is 11.6 Å². The van der Waals surface area contributed by atoms with Crippen LogP contribution in [-0.2, 0) is 21.4 Å². The minimum Gasteiger partial charge on any atom is -0.351 e. The largest absolute Gasteiger partial charge is 0.351 e. The second kappa shape index (κ2) is 7.51. The van der Waals surface area contributed by atoms with Gasteiger partial charge in [-0.2, -0.15) is 4.31 Å². The van der Waals surface area contributed by atoms with Crippen LogP contribution in [0.2, 0.25) is 0 Å². The fourth-order valence-corrected chi connectivity index (χ4v) is 4.70. The molecule has 0 aromatic heterocycles. The van der Waals surface area contributed by atoms with Gasteiger partial charge >= 0.3 is 0 Å². The number of rotatable bonds is 5. The normalized spacial score (nSPS) is 18.0. The highest BCUT2D eigenvalue weighted by Gasteiger charge is 2.40. The molecule has 1 amide bonds. The second-order valence-electron chi connectivity index (χ2n) is 6.05. The Kier molecular flexibility index (Phi) is 5.33. The number of sulfonamides is 1. The smallest absolute Gasteiger partial charge is 0.246 e. The number of hydrogen-bond acceptors (Lipinski definition) is 3. The molecule has 0 spiro atoms. The summed E-state index contributed by atoms with van der Waals surface area (Å²) in [5.41, 5.74) is 0.696. The Labute approximate surface area is 150 Å². The van der Waals surface area contributed by atoms with Crippen molar-refractivity contribution in [3.8, 4) is 0 Å². The molecule has 1 heterocycles. The highest BCUT2D eigenvalue weighted by molar-refractivity contribution is 7.89. The van der Waals surface area contributed by atoms with Crippen molar-refractivity contribution in [1.82, 2.24) is 9.62 Å². The van der Waals surface area contributed by atoms with E-state index in [1.165, 1.54) is 42.5 Å². The first-order valence-electron chi connectivity index (χ1n) is 8.18. The van der Waals surface area contributed by atoms with Crippen molar-refractivity contribution >= 4 is 15.9 Å². The van der Waals surface area contributed by atoms with E-state index in [0.29, 0.717) is 18.4 Å². The Balaban J connectivity index is 1.74. The maximum atomic E-state index is 13.9. The van der Waals surface area contributed by atoms with Crippen LogP contribution >= 0.6 is 0 Å². The predicted octanol–water partition coefficient (Wildman–Crippen LogP) is 2.43. The van der Waals surface area contributed by atoms with Gasteiger partial charge in [0.05, 0.1) is 0 Å². The number of benzene rings is 2. The van der Waals surface area contributed by atoms with E-state index < -0.39 is 32.7 Å². The van der Waals surface area contributed by atoms with Gasteiger partial charge in [0, 0.05) is 13.1 Å². The molecule has 1 saturated heterocycles. The van der Waals surface area contributed by atoms with Crippen LogP contribution in [0.5, 0.6) is 0 Å². The number of carbonyl (C=O) groups excluding carboxylic acids is 1. The van der Waals surface area contributed by atoms with E-state index >= 15 is 0 Å². The van der Waals surface area contributed by atoms with Crippen LogP contribution in [0.25, 0.3) is 0 Å². The average Bonchev–Trinajstić information content (AvgIpc) is 3.12. The van der Waals surface area contributed by atoms with Gasteiger partial charge in [-0.15, -0.1) is 0 Å². The zero-order valence-electron chi connectivity index (χ0n) is 13.9. The summed E-state index contributed by atoms with van der Waals surface area (Å²) in [5, 5.41) is 2.67. The maximum Gasteiger partial charge on any atom is 0.246 e. The minimum atomic E-state index is -4.10. The molecular formula is C18H18F2N2O3S. The van der Waals surface area contributed by atoms with Gasteiger partial charge in [0.2, 0.25) is 15.9 Å². The minimum absolute atomic E-state index is 0.156. The van der Waals surface area contributed by atoms with E-state index in [1.807, 2.05) is 0 Å². The number of carbonyl (C=O) groups is 1. The third kappa shape index (κ3) is 3.76. The average molecular weight is 380 g/mol. The van der Waals surface area contributed by atoms with Crippen molar-refractivity contribution in [1.29, 1.82) is 0 Å². The molecular weight excluding hydrogens is 362 g/mol. The van der Waals surface area contributed by atoms with Crippen molar-refractivity contribution in [3.63, 3.8) is 0 Å². The molecule has 0 bridgehead atoms. The van der Waals surface area contributed by atoms with E-state index in [0.717, 1.165) is 10.4 Å². The van der Waals surface area contributed by atoms with Crippen molar-refractivity contribution in [2.75, 3.05) is 6.54 Å².